The molecule has 0 saturated heterocycles. The topological polar surface area (TPSA) is 110 Å². The summed E-state index contributed by atoms with van der Waals surface area (Å²) in [5.74, 6) is -0.509. The van der Waals surface area contributed by atoms with Crippen LogP contribution in [0.25, 0.3) is 0 Å². The van der Waals surface area contributed by atoms with Crippen molar-refractivity contribution >= 4 is 40.4 Å². The molecule has 0 unspecified atom stereocenters. The number of anilines is 3. The largest absolute Gasteiger partial charge is 0.418 e. The number of carbonyl (C=O) groups excluding carboxylic acids is 2. The van der Waals surface area contributed by atoms with Crippen LogP contribution in [0.1, 0.15) is 46.4 Å². The number of Topliss-reactive ketones (excluding diaryl/α,β-unsaturated/α-hetero) is 1. The van der Waals surface area contributed by atoms with Crippen molar-refractivity contribution in [2.24, 2.45) is 5.41 Å². The fraction of sp³-hybridized carbons (Fsp3) is 0.280. The molecule has 3 aromatic rings. The second-order valence-electron chi connectivity index (χ2n) is 8.89. The van der Waals surface area contributed by atoms with Crippen LogP contribution in [-0.2, 0) is 17.5 Å². The maximum absolute atomic E-state index is 13.4. The summed E-state index contributed by atoms with van der Waals surface area (Å²) in [6.07, 6.45) is 0.845. The SMILES string of the molecule is Cc1ccc(Nc2cnc(CNC(=O)C3(CC(=O)c4cncc(N)c4)CC3)c(Cl)c2)c(C(F)(F)F)c1. The maximum atomic E-state index is 13.4. The van der Waals surface area contributed by atoms with Gasteiger partial charge in [0.25, 0.3) is 0 Å². The number of hydrogen-bond acceptors (Lipinski definition) is 6. The van der Waals surface area contributed by atoms with Gasteiger partial charge in [-0.15, -0.1) is 0 Å². The quantitative estimate of drug-likeness (QED) is 0.343. The molecule has 7 nitrogen and oxygen atoms in total. The summed E-state index contributed by atoms with van der Waals surface area (Å²) in [5, 5.41) is 5.65. The van der Waals surface area contributed by atoms with Crippen LogP contribution in [0.2, 0.25) is 5.02 Å². The second-order valence-corrected chi connectivity index (χ2v) is 9.30. The van der Waals surface area contributed by atoms with Gasteiger partial charge in [-0.1, -0.05) is 23.2 Å². The lowest BCUT2D eigenvalue weighted by Crippen LogP contribution is -2.33. The zero-order valence-corrected chi connectivity index (χ0v) is 20.0. The van der Waals surface area contributed by atoms with Gasteiger partial charge in [-0.05, 0) is 44.0 Å². The minimum Gasteiger partial charge on any atom is -0.397 e. The monoisotopic (exact) mass is 517 g/mol. The number of nitrogens with zero attached hydrogens (tertiary/aromatic N) is 2. The van der Waals surface area contributed by atoms with Crippen LogP contribution < -0.4 is 16.4 Å². The van der Waals surface area contributed by atoms with E-state index in [9.17, 15) is 22.8 Å². The van der Waals surface area contributed by atoms with Crippen molar-refractivity contribution in [1.29, 1.82) is 0 Å². The smallest absolute Gasteiger partial charge is 0.397 e. The highest BCUT2D eigenvalue weighted by atomic mass is 35.5. The molecule has 1 aromatic carbocycles. The van der Waals surface area contributed by atoms with E-state index in [4.69, 9.17) is 17.3 Å². The Kier molecular flexibility index (Phi) is 6.90. The van der Waals surface area contributed by atoms with E-state index in [-0.39, 0.29) is 41.1 Å². The highest BCUT2D eigenvalue weighted by Crippen LogP contribution is 2.49. The summed E-state index contributed by atoms with van der Waals surface area (Å²) in [6, 6.07) is 6.94. The average Bonchev–Trinajstić information content (AvgIpc) is 3.59. The highest BCUT2D eigenvalue weighted by molar-refractivity contribution is 6.31. The van der Waals surface area contributed by atoms with Crippen molar-refractivity contribution in [2.45, 2.75) is 38.9 Å². The molecule has 1 aliphatic rings. The van der Waals surface area contributed by atoms with E-state index < -0.39 is 17.2 Å². The van der Waals surface area contributed by atoms with E-state index in [0.29, 0.717) is 35.3 Å². The third-order valence-corrected chi connectivity index (χ3v) is 6.34. The lowest BCUT2D eigenvalue weighted by atomic mass is 9.95. The fourth-order valence-electron chi connectivity index (χ4n) is 3.83. The number of rotatable bonds is 8. The van der Waals surface area contributed by atoms with E-state index in [1.165, 1.54) is 36.8 Å². The molecule has 0 spiro atoms. The van der Waals surface area contributed by atoms with Gasteiger partial charge in [0.1, 0.15) is 0 Å². The van der Waals surface area contributed by atoms with Crippen molar-refractivity contribution in [3.05, 3.63) is 76.3 Å². The Hall–Kier alpha value is -3.66. The summed E-state index contributed by atoms with van der Waals surface area (Å²) in [4.78, 5) is 33.5. The van der Waals surface area contributed by atoms with E-state index in [1.54, 1.807) is 13.0 Å². The molecule has 1 saturated carbocycles. The van der Waals surface area contributed by atoms with Gasteiger partial charge in [-0.2, -0.15) is 13.2 Å². The number of pyridine rings is 2. The Morgan fingerprint density at radius 1 is 1.14 bits per heavy atom. The average molecular weight is 518 g/mol. The summed E-state index contributed by atoms with van der Waals surface area (Å²) in [6.45, 7) is 1.59. The van der Waals surface area contributed by atoms with Crippen molar-refractivity contribution in [2.75, 3.05) is 11.1 Å². The number of aryl methyl sites for hydroxylation is 1. The number of carbonyl (C=O) groups is 2. The Morgan fingerprint density at radius 2 is 1.89 bits per heavy atom. The number of nitrogen functional groups attached to an aromatic ring is 1. The second kappa shape index (κ2) is 9.77. The van der Waals surface area contributed by atoms with Gasteiger partial charge in [-0.3, -0.25) is 19.6 Å². The van der Waals surface area contributed by atoms with Crippen molar-refractivity contribution in [3.8, 4) is 0 Å². The maximum Gasteiger partial charge on any atom is 0.418 e. The van der Waals surface area contributed by atoms with Crippen LogP contribution >= 0.6 is 11.6 Å². The summed E-state index contributed by atoms with van der Waals surface area (Å²) in [5.41, 5.74) is 5.77. The molecule has 4 rings (SSSR count). The molecule has 4 N–H and O–H groups in total. The molecule has 0 aliphatic heterocycles. The first-order chi connectivity index (χ1) is 17.0. The van der Waals surface area contributed by atoms with Crippen molar-refractivity contribution < 1.29 is 22.8 Å². The van der Waals surface area contributed by atoms with E-state index in [2.05, 4.69) is 20.6 Å². The molecule has 1 aliphatic carbocycles. The Bertz CT molecular complexity index is 1330. The van der Waals surface area contributed by atoms with E-state index in [1.807, 2.05) is 0 Å². The first-order valence-corrected chi connectivity index (χ1v) is 11.5. The fourth-order valence-corrected chi connectivity index (χ4v) is 4.06. The molecule has 36 heavy (non-hydrogen) atoms. The van der Waals surface area contributed by atoms with Crippen LogP contribution in [0.5, 0.6) is 0 Å². The number of aromatic nitrogens is 2. The lowest BCUT2D eigenvalue weighted by molar-refractivity contribution is -0.137. The zero-order chi connectivity index (χ0) is 26.1. The Morgan fingerprint density at radius 3 is 2.53 bits per heavy atom. The minimum absolute atomic E-state index is 0.00601. The molecular weight excluding hydrogens is 495 g/mol. The standard InChI is InChI=1S/C25H23ClF3N5O2/c1-14-2-3-20(18(6-14)25(27,28)29)34-17-8-19(26)21(32-12-17)13-33-23(36)24(4-5-24)9-22(35)15-7-16(30)11-31-10-15/h2-3,6-8,10-12,34H,4-5,9,13,30H2,1H3,(H,33,36). The predicted molar refractivity (Wildman–Crippen MR) is 130 cm³/mol. The van der Waals surface area contributed by atoms with E-state index >= 15 is 0 Å². The number of amides is 1. The van der Waals surface area contributed by atoms with E-state index in [0.717, 1.165) is 6.07 Å². The normalized spacial score (nSPS) is 14.2. The zero-order valence-electron chi connectivity index (χ0n) is 19.2. The third kappa shape index (κ3) is 5.76. The molecule has 0 bridgehead atoms. The number of ketones is 1. The van der Waals surface area contributed by atoms with Crippen molar-refractivity contribution in [1.82, 2.24) is 15.3 Å². The molecule has 2 aromatic heterocycles. The van der Waals surface area contributed by atoms with Gasteiger partial charge >= 0.3 is 6.18 Å². The highest BCUT2D eigenvalue weighted by Gasteiger charge is 2.51. The molecule has 2 heterocycles. The third-order valence-electron chi connectivity index (χ3n) is 6.01. The first kappa shape index (κ1) is 25.4. The van der Waals surface area contributed by atoms with Gasteiger partial charge in [0, 0.05) is 24.4 Å². The summed E-state index contributed by atoms with van der Waals surface area (Å²) in [7, 11) is 0. The molecule has 188 valence electrons. The summed E-state index contributed by atoms with van der Waals surface area (Å²) < 4.78 is 40.2. The number of benzene rings is 1. The first-order valence-electron chi connectivity index (χ1n) is 11.1. The molecule has 1 amide bonds. The Labute approximate surface area is 210 Å². The number of nitrogens with two attached hydrogens (primary N) is 1. The summed E-state index contributed by atoms with van der Waals surface area (Å²) >= 11 is 6.29. The number of nitrogens with one attached hydrogen (secondary N) is 2. The Balaban J connectivity index is 1.39. The number of alkyl halides is 3. The molecule has 0 radical (unpaired) electrons. The van der Waals surface area contributed by atoms with Gasteiger partial charge in [-0.25, -0.2) is 0 Å². The van der Waals surface area contributed by atoms with Crippen LogP contribution in [0.4, 0.5) is 30.2 Å². The minimum atomic E-state index is -4.53. The number of halogens is 4. The van der Waals surface area contributed by atoms with Gasteiger partial charge in [0.15, 0.2) is 5.78 Å². The van der Waals surface area contributed by atoms with Crippen LogP contribution in [0.3, 0.4) is 0 Å². The molecule has 1 fully saturated rings. The van der Waals surface area contributed by atoms with Crippen molar-refractivity contribution in [3.63, 3.8) is 0 Å². The van der Waals surface area contributed by atoms with Crippen LogP contribution in [-0.4, -0.2) is 21.7 Å². The molecule has 11 heteroatoms. The van der Waals surface area contributed by atoms with Crippen LogP contribution in [0, 0.1) is 12.3 Å². The predicted octanol–water partition coefficient (Wildman–Crippen LogP) is 5.45. The van der Waals surface area contributed by atoms with Gasteiger partial charge < -0.3 is 16.4 Å². The van der Waals surface area contributed by atoms with Gasteiger partial charge in [0.05, 0.1) is 51.5 Å². The van der Waals surface area contributed by atoms with Crippen LogP contribution in [0.15, 0.2) is 48.9 Å². The molecular formula is C25H23ClF3N5O2. The van der Waals surface area contributed by atoms with Gasteiger partial charge in [0.2, 0.25) is 5.91 Å². The molecule has 0 atom stereocenters. The number of hydrogen-bond donors (Lipinski definition) is 3. The lowest BCUT2D eigenvalue weighted by Gasteiger charge is -2.17.